The largest absolute Gasteiger partial charge is 0.481 e. The number of hydrogen-bond acceptors (Lipinski definition) is 1. The molecule has 4 heteroatoms. The molecule has 0 amide bonds. The molecule has 0 heterocycles. The molecule has 1 unspecified atom stereocenters. The van der Waals surface area contributed by atoms with Crippen molar-refractivity contribution >= 4 is 17.6 Å². The molecule has 1 aromatic carbocycles. The number of hydrogen-bond donors (Lipinski definition) is 1. The smallest absolute Gasteiger partial charge is 0.307 e. The molecule has 0 fully saturated rings. The van der Waals surface area contributed by atoms with Gasteiger partial charge in [0.05, 0.1) is 10.9 Å². The molecule has 0 saturated heterocycles. The van der Waals surface area contributed by atoms with Crippen LogP contribution in [0.15, 0.2) is 18.2 Å². The van der Waals surface area contributed by atoms with Crippen LogP contribution in [-0.2, 0) is 11.2 Å². The van der Waals surface area contributed by atoms with Crippen LogP contribution in [0.5, 0.6) is 0 Å². The summed E-state index contributed by atoms with van der Waals surface area (Å²) in [5, 5.41) is 9.23. The minimum Gasteiger partial charge on any atom is -0.481 e. The fraction of sp³-hybridized carbons (Fsp3) is 0.462. The van der Waals surface area contributed by atoms with E-state index in [2.05, 4.69) is 0 Å². The van der Waals surface area contributed by atoms with Gasteiger partial charge in [0.15, 0.2) is 0 Å². The molecule has 0 aromatic heterocycles. The number of benzene rings is 1. The van der Waals surface area contributed by atoms with Gasteiger partial charge in [0.25, 0.3) is 0 Å². The van der Waals surface area contributed by atoms with Crippen LogP contribution in [0.25, 0.3) is 0 Å². The highest BCUT2D eigenvalue weighted by molar-refractivity contribution is 6.30. The molecular weight excluding hydrogens is 243 g/mol. The molecule has 1 aromatic rings. The van der Waals surface area contributed by atoms with E-state index in [1.54, 1.807) is 6.07 Å². The molecule has 0 aliphatic carbocycles. The summed E-state index contributed by atoms with van der Waals surface area (Å²) >= 11 is 5.58. The van der Waals surface area contributed by atoms with E-state index in [1.807, 2.05) is 20.8 Å². The predicted octanol–water partition coefficient (Wildman–Crippen LogP) is 3.77. The molecule has 0 bridgehead atoms. The van der Waals surface area contributed by atoms with Crippen LogP contribution in [0.3, 0.4) is 0 Å². The first kappa shape index (κ1) is 14.0. The standard InChI is InChI=1S/C13H16ClFO2/c1-13(2,3)9(12(16)17)6-8-4-5-10(14)11(15)7-8/h4-5,7,9H,6H2,1-3H3,(H,16,17). The van der Waals surface area contributed by atoms with Crippen LogP contribution in [0.4, 0.5) is 4.39 Å². The van der Waals surface area contributed by atoms with Gasteiger partial charge >= 0.3 is 5.97 Å². The lowest BCUT2D eigenvalue weighted by Gasteiger charge is -2.27. The predicted molar refractivity (Wildman–Crippen MR) is 65.7 cm³/mol. The maximum Gasteiger partial charge on any atom is 0.307 e. The van der Waals surface area contributed by atoms with Gasteiger partial charge in [-0.05, 0) is 29.5 Å². The lowest BCUT2D eigenvalue weighted by Crippen LogP contribution is -2.30. The summed E-state index contributed by atoms with van der Waals surface area (Å²) in [5.41, 5.74) is 0.274. The highest BCUT2D eigenvalue weighted by Crippen LogP contribution is 2.30. The highest BCUT2D eigenvalue weighted by Gasteiger charge is 2.31. The van der Waals surface area contributed by atoms with Gasteiger partial charge in [-0.25, -0.2) is 4.39 Å². The average Bonchev–Trinajstić information content (AvgIpc) is 2.17. The molecule has 1 N–H and O–H groups in total. The second kappa shape index (κ2) is 5.05. The zero-order valence-electron chi connectivity index (χ0n) is 10.1. The first-order valence-corrected chi connectivity index (χ1v) is 5.76. The van der Waals surface area contributed by atoms with Crippen molar-refractivity contribution in [2.45, 2.75) is 27.2 Å². The van der Waals surface area contributed by atoms with Crippen molar-refractivity contribution < 1.29 is 14.3 Å². The summed E-state index contributed by atoms with van der Waals surface area (Å²) in [6.07, 6.45) is 0.299. The zero-order valence-corrected chi connectivity index (χ0v) is 10.9. The SMILES string of the molecule is CC(C)(C)C(Cc1ccc(Cl)c(F)c1)C(=O)O. The van der Waals surface area contributed by atoms with Crippen molar-refractivity contribution in [2.75, 3.05) is 0 Å². The van der Waals surface area contributed by atoms with Crippen LogP contribution in [0, 0.1) is 17.2 Å². The molecular formula is C13H16ClFO2. The molecule has 0 aliphatic rings. The summed E-state index contributed by atoms with van der Waals surface area (Å²) in [5.74, 6) is -1.93. The third-order valence-electron chi connectivity index (χ3n) is 2.77. The second-order valence-electron chi connectivity index (χ2n) is 5.21. The van der Waals surface area contributed by atoms with E-state index >= 15 is 0 Å². The Kier molecular flexibility index (Phi) is 4.15. The molecule has 0 spiro atoms. The van der Waals surface area contributed by atoms with E-state index in [-0.39, 0.29) is 10.4 Å². The maximum atomic E-state index is 13.2. The Balaban J connectivity index is 2.95. The van der Waals surface area contributed by atoms with Crippen molar-refractivity contribution in [3.63, 3.8) is 0 Å². The van der Waals surface area contributed by atoms with Crippen molar-refractivity contribution in [3.05, 3.63) is 34.6 Å². The van der Waals surface area contributed by atoms with E-state index in [9.17, 15) is 14.3 Å². The van der Waals surface area contributed by atoms with E-state index in [0.29, 0.717) is 12.0 Å². The van der Waals surface area contributed by atoms with Crippen LogP contribution < -0.4 is 0 Å². The summed E-state index contributed by atoms with van der Waals surface area (Å²) in [6, 6.07) is 4.41. The topological polar surface area (TPSA) is 37.3 Å². The number of carboxylic acids is 1. The van der Waals surface area contributed by atoms with Gasteiger partial charge in [0, 0.05) is 0 Å². The van der Waals surface area contributed by atoms with E-state index in [1.165, 1.54) is 12.1 Å². The fourth-order valence-corrected chi connectivity index (χ4v) is 1.78. The fourth-order valence-electron chi connectivity index (χ4n) is 1.67. The van der Waals surface area contributed by atoms with Crippen molar-refractivity contribution in [1.29, 1.82) is 0 Å². The molecule has 0 aliphatic heterocycles. The number of carbonyl (C=O) groups is 1. The lowest BCUT2D eigenvalue weighted by molar-refractivity contribution is -0.145. The Bertz CT molecular complexity index is 424. The minimum atomic E-state index is -0.868. The van der Waals surface area contributed by atoms with Gasteiger partial charge in [0.1, 0.15) is 5.82 Å². The Hall–Kier alpha value is -1.09. The normalized spacial score (nSPS) is 13.5. The van der Waals surface area contributed by atoms with Crippen LogP contribution in [-0.4, -0.2) is 11.1 Å². The van der Waals surface area contributed by atoms with Crippen molar-refractivity contribution in [1.82, 2.24) is 0 Å². The van der Waals surface area contributed by atoms with Crippen LogP contribution in [0.1, 0.15) is 26.3 Å². The molecule has 0 saturated carbocycles. The minimum absolute atomic E-state index is 0.0522. The van der Waals surface area contributed by atoms with Gasteiger partial charge in [-0.2, -0.15) is 0 Å². The number of rotatable bonds is 3. The molecule has 0 radical (unpaired) electrons. The van der Waals surface area contributed by atoms with Crippen LogP contribution >= 0.6 is 11.6 Å². The number of halogens is 2. The van der Waals surface area contributed by atoms with E-state index in [4.69, 9.17) is 11.6 Å². The Labute approximate surface area is 105 Å². The third kappa shape index (κ3) is 3.70. The van der Waals surface area contributed by atoms with Crippen molar-refractivity contribution in [3.8, 4) is 0 Å². The summed E-state index contributed by atoms with van der Waals surface area (Å²) < 4.78 is 13.2. The first-order chi connectivity index (χ1) is 7.71. The third-order valence-corrected chi connectivity index (χ3v) is 3.07. The Morgan fingerprint density at radius 3 is 2.47 bits per heavy atom. The number of carboxylic acid groups (broad SMARTS) is 1. The molecule has 94 valence electrons. The van der Waals surface area contributed by atoms with Gasteiger partial charge < -0.3 is 5.11 Å². The summed E-state index contributed by atoms with van der Waals surface area (Å²) in [7, 11) is 0. The highest BCUT2D eigenvalue weighted by atomic mass is 35.5. The molecule has 1 rings (SSSR count). The quantitative estimate of drug-likeness (QED) is 0.896. The molecule has 17 heavy (non-hydrogen) atoms. The lowest BCUT2D eigenvalue weighted by atomic mass is 9.77. The van der Waals surface area contributed by atoms with E-state index in [0.717, 1.165) is 0 Å². The van der Waals surface area contributed by atoms with Gasteiger partial charge in [-0.1, -0.05) is 38.4 Å². The van der Waals surface area contributed by atoms with Crippen molar-refractivity contribution in [2.24, 2.45) is 11.3 Å². The second-order valence-corrected chi connectivity index (χ2v) is 5.62. The first-order valence-electron chi connectivity index (χ1n) is 5.38. The Morgan fingerprint density at radius 1 is 1.47 bits per heavy atom. The maximum absolute atomic E-state index is 13.2. The van der Waals surface area contributed by atoms with Gasteiger partial charge in [0.2, 0.25) is 0 Å². The number of aliphatic carboxylic acids is 1. The van der Waals surface area contributed by atoms with Gasteiger partial charge in [-0.15, -0.1) is 0 Å². The Morgan fingerprint density at radius 2 is 2.06 bits per heavy atom. The average molecular weight is 259 g/mol. The monoisotopic (exact) mass is 258 g/mol. The molecule has 1 atom stereocenters. The molecule has 2 nitrogen and oxygen atoms in total. The zero-order chi connectivity index (χ0) is 13.2. The van der Waals surface area contributed by atoms with E-state index < -0.39 is 17.7 Å². The summed E-state index contributed by atoms with van der Waals surface area (Å²) in [6.45, 7) is 5.58. The van der Waals surface area contributed by atoms with Crippen LogP contribution in [0.2, 0.25) is 5.02 Å². The summed E-state index contributed by atoms with van der Waals surface area (Å²) in [4.78, 5) is 11.2. The van der Waals surface area contributed by atoms with Gasteiger partial charge in [-0.3, -0.25) is 4.79 Å².